The van der Waals surface area contributed by atoms with E-state index in [-0.39, 0.29) is 49.3 Å². The van der Waals surface area contributed by atoms with Gasteiger partial charge in [-0.1, -0.05) is 0 Å². The molecule has 0 atom stereocenters. The van der Waals surface area contributed by atoms with Crippen molar-refractivity contribution in [2.75, 3.05) is 0 Å². The molecule has 0 unspecified atom stereocenters. The van der Waals surface area contributed by atoms with Crippen LogP contribution in [-0.4, -0.2) is 17.7 Å². The molecule has 0 aromatic heterocycles. The van der Waals surface area contributed by atoms with Crippen molar-refractivity contribution in [1.82, 2.24) is 0 Å². The molecule has 0 amide bonds. The molecule has 0 aliphatic carbocycles. The quantitative estimate of drug-likeness (QED) is 0.533. The van der Waals surface area contributed by atoms with E-state index in [0.717, 1.165) is 12.5 Å². The van der Waals surface area contributed by atoms with Gasteiger partial charge >= 0.3 is 37.1 Å². The Morgan fingerprint density at radius 2 is 1.39 bits per heavy atom. The minimum Gasteiger partial charge on any atom is -0.550 e. The van der Waals surface area contributed by atoms with E-state index in [9.17, 15) is 14.7 Å². The van der Waals surface area contributed by atoms with E-state index in [4.69, 9.17) is 9.90 Å². The van der Waals surface area contributed by atoms with Crippen LogP contribution in [0.25, 0.3) is 0 Å². The molecular formula is C16H16O5V2. The van der Waals surface area contributed by atoms with E-state index in [1.807, 2.05) is 42.5 Å². The smallest absolute Gasteiger partial charge is 0.550 e. The Morgan fingerprint density at radius 1 is 0.957 bits per heavy atom. The Labute approximate surface area is 159 Å². The predicted molar refractivity (Wildman–Crippen MR) is 73.1 cm³/mol. The molecule has 0 N–H and O–H groups in total. The second kappa shape index (κ2) is 16.8. The molecule has 0 heterocycles. The summed E-state index contributed by atoms with van der Waals surface area (Å²) in [4.78, 5) is 29.8. The van der Waals surface area contributed by atoms with Crippen molar-refractivity contribution < 1.29 is 61.7 Å². The predicted octanol–water partition coefficient (Wildman–Crippen LogP) is -0.186. The molecule has 2 rings (SSSR count). The number of carbonyl (C=O) groups excluding carboxylic acids is 3. The van der Waals surface area contributed by atoms with E-state index in [0.29, 0.717) is 0 Å². The molecule has 120 valence electrons. The topological polar surface area (TPSA) is 97.3 Å². The van der Waals surface area contributed by atoms with Gasteiger partial charge in [0.15, 0.2) is 0 Å². The molecule has 0 saturated heterocycles. The summed E-state index contributed by atoms with van der Waals surface area (Å²) in [7, 11) is 0. The van der Waals surface area contributed by atoms with Gasteiger partial charge in [0.05, 0.1) is 0 Å². The zero-order valence-corrected chi connectivity index (χ0v) is 15.3. The first kappa shape index (κ1) is 26.4. The fraction of sp³-hybridized carbons (Fsp3) is 0.188. The van der Waals surface area contributed by atoms with Gasteiger partial charge in [0.2, 0.25) is 0 Å². The van der Waals surface area contributed by atoms with Crippen molar-refractivity contribution in [3.8, 4) is 0 Å². The number of rotatable bonds is 4. The van der Waals surface area contributed by atoms with E-state index in [1.165, 1.54) is 0 Å². The number of Topliss-reactive ketones (excluding diaryl/α,β-unsaturated/α-hetero) is 1. The van der Waals surface area contributed by atoms with Crippen LogP contribution in [0.3, 0.4) is 0 Å². The summed E-state index contributed by atoms with van der Waals surface area (Å²) in [5.41, 5.74) is 0.848. The van der Waals surface area contributed by atoms with Crippen LogP contribution in [0.5, 0.6) is 0 Å². The van der Waals surface area contributed by atoms with Gasteiger partial charge in [-0.05, 0) is 13.3 Å². The number of hydrogen-bond donors (Lipinski definition) is 0. The summed E-state index contributed by atoms with van der Waals surface area (Å²) in [6.07, 6.45) is -0.313. The molecule has 7 heteroatoms. The Kier molecular flexibility index (Phi) is 19.3. The van der Waals surface area contributed by atoms with Crippen molar-refractivity contribution in [2.45, 2.75) is 19.8 Å². The Bertz CT molecular complexity index is 497. The Balaban J connectivity index is -0.000000305. The number of carbonyl (C=O) groups is 3. The van der Waals surface area contributed by atoms with Gasteiger partial charge in [-0.25, -0.2) is 24.3 Å². The van der Waals surface area contributed by atoms with Gasteiger partial charge in [0, 0.05) is 18.4 Å². The molecule has 0 saturated carbocycles. The molecular weight excluding hydrogens is 374 g/mol. The van der Waals surface area contributed by atoms with Crippen molar-refractivity contribution in [3.05, 3.63) is 60.2 Å². The molecule has 5 nitrogen and oxygen atoms in total. The summed E-state index contributed by atoms with van der Waals surface area (Å²) >= 11 is 0. The number of ketones is 1. The maximum absolute atomic E-state index is 10.9. The van der Waals surface area contributed by atoms with Crippen molar-refractivity contribution in [1.29, 1.82) is 0 Å². The van der Waals surface area contributed by atoms with Crippen LogP contribution in [0.2, 0.25) is 0 Å². The zero-order chi connectivity index (χ0) is 16.1. The largest absolute Gasteiger partial charge is 2.00 e. The van der Waals surface area contributed by atoms with Gasteiger partial charge in [-0.15, -0.1) is 0 Å². The maximum Gasteiger partial charge on any atom is 2.00 e. The summed E-state index contributed by atoms with van der Waals surface area (Å²) < 4.78 is 0. The van der Waals surface area contributed by atoms with Crippen molar-refractivity contribution in [2.24, 2.45) is 0 Å². The summed E-state index contributed by atoms with van der Waals surface area (Å²) in [5, 5.41) is 18.9. The SMILES string of the molecule is CC(=O)[O-].O=C([O-])CC(=O)C[c-]1cccc1.[V+2].[V+2].c1cc[cH-]c1. The van der Waals surface area contributed by atoms with E-state index < -0.39 is 18.4 Å². The summed E-state index contributed by atoms with van der Waals surface area (Å²) in [5.74, 6) is -2.72. The van der Waals surface area contributed by atoms with Gasteiger partial charge in [-0.2, -0.15) is 35.9 Å². The molecule has 2 radical (unpaired) electrons. The molecule has 0 fully saturated rings. The fourth-order valence-electron chi connectivity index (χ4n) is 1.30. The number of hydrogen-bond acceptors (Lipinski definition) is 5. The second-order valence-corrected chi connectivity index (χ2v) is 4.01. The normalized spacial score (nSPS) is 7.87. The summed E-state index contributed by atoms with van der Waals surface area (Å²) in [6, 6.07) is 17.2. The first-order chi connectivity index (χ1) is 9.91. The third-order valence-electron chi connectivity index (χ3n) is 2.03. The number of aliphatic carboxylic acids is 2. The Hall–Kier alpha value is -1.52. The fourth-order valence-corrected chi connectivity index (χ4v) is 1.30. The van der Waals surface area contributed by atoms with Crippen molar-refractivity contribution >= 4 is 17.7 Å². The standard InChI is InChI=1S/C9H9O3.C5H5.C2H4O2.2V/c10-8(6-9(11)12)5-7-3-1-2-4-7;1-2-4-5-3-1;1-2(3)4;;/h1-4H,5-6H2,(H,11,12);1-5H;1H3,(H,3,4);;/q2*-1;;2*+2/p-2. The number of carboxylic acids is 2. The van der Waals surface area contributed by atoms with Crippen LogP contribution < -0.4 is 10.2 Å². The molecule has 0 aliphatic heterocycles. The van der Waals surface area contributed by atoms with Crippen LogP contribution in [0, 0.1) is 0 Å². The van der Waals surface area contributed by atoms with E-state index >= 15 is 0 Å². The van der Waals surface area contributed by atoms with Crippen LogP contribution in [-0.2, 0) is 57.9 Å². The Morgan fingerprint density at radius 3 is 1.70 bits per heavy atom. The third kappa shape index (κ3) is 20.5. The van der Waals surface area contributed by atoms with Crippen LogP contribution in [0.1, 0.15) is 18.9 Å². The first-order valence-corrected chi connectivity index (χ1v) is 6.18. The monoisotopic (exact) mass is 390 g/mol. The molecule has 0 spiro atoms. The van der Waals surface area contributed by atoms with Crippen LogP contribution >= 0.6 is 0 Å². The van der Waals surface area contributed by atoms with Crippen molar-refractivity contribution in [3.63, 3.8) is 0 Å². The third-order valence-corrected chi connectivity index (χ3v) is 2.03. The van der Waals surface area contributed by atoms with Crippen LogP contribution in [0.15, 0.2) is 54.6 Å². The molecule has 0 bridgehead atoms. The molecule has 23 heavy (non-hydrogen) atoms. The minimum atomic E-state index is -1.31. The second-order valence-electron chi connectivity index (χ2n) is 4.01. The van der Waals surface area contributed by atoms with E-state index in [1.54, 1.807) is 12.1 Å². The van der Waals surface area contributed by atoms with Gasteiger partial charge in [0.1, 0.15) is 5.78 Å². The summed E-state index contributed by atoms with van der Waals surface area (Å²) in [6.45, 7) is 0.972. The molecule has 2 aromatic carbocycles. The average molecular weight is 390 g/mol. The van der Waals surface area contributed by atoms with Gasteiger partial charge < -0.3 is 24.6 Å². The maximum atomic E-state index is 10.9. The first-order valence-electron chi connectivity index (χ1n) is 6.18. The van der Waals surface area contributed by atoms with Gasteiger partial charge in [0.25, 0.3) is 0 Å². The number of carboxylic acid groups (broad SMARTS) is 2. The minimum absolute atomic E-state index is 0. The molecule has 0 aliphatic rings. The van der Waals surface area contributed by atoms with Crippen LogP contribution in [0.4, 0.5) is 0 Å². The zero-order valence-electron chi connectivity index (χ0n) is 12.5. The van der Waals surface area contributed by atoms with Gasteiger partial charge in [-0.3, -0.25) is 0 Å². The van der Waals surface area contributed by atoms with E-state index in [2.05, 4.69) is 0 Å². The average Bonchev–Trinajstić information content (AvgIpc) is 3.01. The molecule has 2 aromatic rings.